The highest BCUT2D eigenvalue weighted by molar-refractivity contribution is 6.04. The average Bonchev–Trinajstić information content (AvgIpc) is 3.00. The Labute approximate surface area is 148 Å². The first-order chi connectivity index (χ1) is 12.0. The Morgan fingerprint density at radius 1 is 0.960 bits per heavy atom. The minimum absolute atomic E-state index is 0.260. The molecule has 1 aliphatic rings. The van der Waals surface area contributed by atoms with Crippen LogP contribution in [0, 0.1) is 0 Å². The summed E-state index contributed by atoms with van der Waals surface area (Å²) in [7, 11) is 4.82. The van der Waals surface area contributed by atoms with Gasteiger partial charge < -0.3 is 18.9 Å². The first-order valence-electron chi connectivity index (χ1n) is 8.12. The fourth-order valence-electron chi connectivity index (χ4n) is 2.94. The molecule has 132 valence electrons. The maximum Gasteiger partial charge on any atom is 0.217 e. The molecule has 5 heteroatoms. The van der Waals surface area contributed by atoms with Gasteiger partial charge in [-0.3, -0.25) is 0 Å². The third-order valence-electron chi connectivity index (χ3n) is 4.09. The van der Waals surface area contributed by atoms with Crippen molar-refractivity contribution in [2.75, 3.05) is 27.9 Å². The standard InChI is InChI=1S/C20H23NO4/c1-20(2)12-25-19(21-20)14-11-15(22-3)17(23-4)18(24-5)16(14)13-9-7-6-8-10-13/h6-11H,12H2,1-5H3. The van der Waals surface area contributed by atoms with Crippen LogP contribution in [0.15, 0.2) is 41.4 Å². The molecule has 0 atom stereocenters. The lowest BCUT2D eigenvalue weighted by molar-refractivity contribution is 0.279. The molecular weight excluding hydrogens is 318 g/mol. The fraction of sp³-hybridized carbons (Fsp3) is 0.350. The van der Waals surface area contributed by atoms with Gasteiger partial charge in [0, 0.05) is 5.56 Å². The van der Waals surface area contributed by atoms with Crippen LogP contribution in [-0.2, 0) is 4.74 Å². The zero-order valence-corrected chi connectivity index (χ0v) is 15.3. The van der Waals surface area contributed by atoms with Gasteiger partial charge in [0.1, 0.15) is 6.61 Å². The molecule has 0 fully saturated rings. The zero-order valence-electron chi connectivity index (χ0n) is 15.3. The summed E-state index contributed by atoms with van der Waals surface area (Å²) in [5.41, 5.74) is 2.43. The second-order valence-corrected chi connectivity index (χ2v) is 6.45. The number of hydrogen-bond donors (Lipinski definition) is 0. The van der Waals surface area contributed by atoms with Crippen LogP contribution in [0.4, 0.5) is 0 Å². The van der Waals surface area contributed by atoms with Gasteiger partial charge in [-0.25, -0.2) is 4.99 Å². The van der Waals surface area contributed by atoms with Crippen LogP contribution in [0.25, 0.3) is 11.1 Å². The van der Waals surface area contributed by atoms with Gasteiger partial charge in [0.05, 0.1) is 32.4 Å². The van der Waals surface area contributed by atoms with Crippen molar-refractivity contribution in [1.82, 2.24) is 0 Å². The molecule has 3 rings (SSSR count). The molecule has 0 spiro atoms. The Morgan fingerprint density at radius 2 is 1.64 bits per heavy atom. The molecule has 0 saturated heterocycles. The van der Waals surface area contributed by atoms with Crippen LogP contribution in [0.1, 0.15) is 19.4 Å². The molecule has 1 aliphatic heterocycles. The Morgan fingerprint density at radius 3 is 2.16 bits per heavy atom. The quantitative estimate of drug-likeness (QED) is 0.827. The number of nitrogens with zero attached hydrogens (tertiary/aromatic N) is 1. The first kappa shape index (κ1) is 17.1. The molecule has 1 heterocycles. The lowest BCUT2D eigenvalue weighted by Crippen LogP contribution is -2.17. The summed E-state index contributed by atoms with van der Waals surface area (Å²) in [5, 5.41) is 0. The molecular formula is C20H23NO4. The second-order valence-electron chi connectivity index (χ2n) is 6.45. The summed E-state index contributed by atoms with van der Waals surface area (Å²) in [4.78, 5) is 4.73. The molecule has 0 N–H and O–H groups in total. The number of benzene rings is 2. The minimum atomic E-state index is -0.260. The van der Waals surface area contributed by atoms with E-state index in [1.165, 1.54) is 0 Å². The molecule has 0 aromatic heterocycles. The van der Waals surface area contributed by atoms with E-state index in [0.717, 1.165) is 16.7 Å². The maximum atomic E-state index is 5.89. The maximum absolute atomic E-state index is 5.89. The summed E-state index contributed by atoms with van der Waals surface area (Å²) in [6, 6.07) is 11.9. The number of ether oxygens (including phenoxy) is 4. The monoisotopic (exact) mass is 341 g/mol. The lowest BCUT2D eigenvalue weighted by Gasteiger charge is -2.19. The van der Waals surface area contributed by atoms with Gasteiger partial charge in [0.15, 0.2) is 11.5 Å². The van der Waals surface area contributed by atoms with E-state index < -0.39 is 0 Å². The Bertz CT molecular complexity index is 797. The van der Waals surface area contributed by atoms with Crippen LogP contribution in [-0.4, -0.2) is 39.4 Å². The summed E-state index contributed by atoms with van der Waals surface area (Å²) < 4.78 is 22.6. The molecule has 0 radical (unpaired) electrons. The van der Waals surface area contributed by atoms with E-state index >= 15 is 0 Å². The Kier molecular flexibility index (Phi) is 4.57. The van der Waals surface area contributed by atoms with Gasteiger partial charge in [-0.1, -0.05) is 30.3 Å². The van der Waals surface area contributed by atoms with E-state index in [1.54, 1.807) is 21.3 Å². The van der Waals surface area contributed by atoms with Gasteiger partial charge in [-0.2, -0.15) is 0 Å². The molecule has 5 nitrogen and oxygen atoms in total. The normalized spacial score (nSPS) is 15.3. The highest BCUT2D eigenvalue weighted by atomic mass is 16.5. The smallest absolute Gasteiger partial charge is 0.217 e. The van der Waals surface area contributed by atoms with Crippen molar-refractivity contribution in [3.63, 3.8) is 0 Å². The molecule has 25 heavy (non-hydrogen) atoms. The second kappa shape index (κ2) is 6.67. The zero-order chi connectivity index (χ0) is 18.0. The summed E-state index contributed by atoms with van der Waals surface area (Å²) in [6.07, 6.45) is 0. The van der Waals surface area contributed by atoms with Crippen molar-refractivity contribution in [3.8, 4) is 28.4 Å². The fourth-order valence-corrected chi connectivity index (χ4v) is 2.94. The molecule has 0 amide bonds. The molecule has 2 aromatic carbocycles. The molecule has 2 aromatic rings. The average molecular weight is 341 g/mol. The van der Waals surface area contributed by atoms with Crippen LogP contribution >= 0.6 is 0 Å². The molecule has 0 aliphatic carbocycles. The van der Waals surface area contributed by atoms with E-state index in [1.807, 2.05) is 50.2 Å². The molecule has 0 bridgehead atoms. The van der Waals surface area contributed by atoms with E-state index in [2.05, 4.69) is 0 Å². The summed E-state index contributed by atoms with van der Waals surface area (Å²) in [5.74, 6) is 2.30. The van der Waals surface area contributed by atoms with Crippen molar-refractivity contribution in [2.24, 2.45) is 4.99 Å². The lowest BCUT2D eigenvalue weighted by atomic mass is 9.97. The van der Waals surface area contributed by atoms with Crippen molar-refractivity contribution in [2.45, 2.75) is 19.4 Å². The van der Waals surface area contributed by atoms with Gasteiger partial charge in [0.25, 0.3) is 0 Å². The van der Waals surface area contributed by atoms with Crippen molar-refractivity contribution >= 4 is 5.90 Å². The largest absolute Gasteiger partial charge is 0.493 e. The highest BCUT2D eigenvalue weighted by Crippen LogP contribution is 2.47. The SMILES string of the molecule is COc1cc(C2=NC(C)(C)CO2)c(-c2ccccc2)c(OC)c1OC. The Balaban J connectivity index is 2.33. The van der Waals surface area contributed by atoms with Crippen molar-refractivity contribution in [1.29, 1.82) is 0 Å². The molecule has 0 saturated carbocycles. The highest BCUT2D eigenvalue weighted by Gasteiger charge is 2.31. The van der Waals surface area contributed by atoms with Gasteiger partial charge in [-0.05, 0) is 25.5 Å². The first-order valence-corrected chi connectivity index (χ1v) is 8.12. The van der Waals surface area contributed by atoms with Gasteiger partial charge in [-0.15, -0.1) is 0 Å². The van der Waals surface area contributed by atoms with Gasteiger partial charge in [0.2, 0.25) is 11.6 Å². The van der Waals surface area contributed by atoms with Crippen LogP contribution < -0.4 is 14.2 Å². The van der Waals surface area contributed by atoms with Crippen molar-refractivity contribution < 1.29 is 18.9 Å². The Hall–Kier alpha value is -2.69. The van der Waals surface area contributed by atoms with Crippen LogP contribution in [0.5, 0.6) is 17.2 Å². The van der Waals surface area contributed by atoms with Crippen LogP contribution in [0.3, 0.4) is 0 Å². The number of aliphatic imine (C=N–C) groups is 1. The van der Waals surface area contributed by atoms with Crippen molar-refractivity contribution in [3.05, 3.63) is 42.0 Å². The van der Waals surface area contributed by atoms with E-state index in [4.69, 9.17) is 23.9 Å². The van der Waals surface area contributed by atoms with E-state index in [9.17, 15) is 0 Å². The summed E-state index contributed by atoms with van der Waals surface area (Å²) in [6.45, 7) is 4.62. The van der Waals surface area contributed by atoms with E-state index in [0.29, 0.717) is 29.8 Å². The minimum Gasteiger partial charge on any atom is -0.493 e. The van der Waals surface area contributed by atoms with Crippen LogP contribution in [0.2, 0.25) is 0 Å². The third-order valence-corrected chi connectivity index (χ3v) is 4.09. The third kappa shape index (κ3) is 3.14. The summed E-state index contributed by atoms with van der Waals surface area (Å²) >= 11 is 0. The number of rotatable bonds is 5. The number of hydrogen-bond acceptors (Lipinski definition) is 5. The van der Waals surface area contributed by atoms with Gasteiger partial charge >= 0.3 is 0 Å². The van der Waals surface area contributed by atoms with E-state index in [-0.39, 0.29) is 5.54 Å². The topological polar surface area (TPSA) is 49.3 Å². The molecule has 0 unspecified atom stereocenters. The number of methoxy groups -OCH3 is 3. The predicted molar refractivity (Wildman–Crippen MR) is 98.1 cm³/mol. The predicted octanol–water partition coefficient (Wildman–Crippen LogP) is 3.93.